The molecular formula is C24H37N3O5. The molecule has 178 valence electrons. The number of alkyl carbamates (subject to hydrolysis) is 1. The van der Waals surface area contributed by atoms with Gasteiger partial charge in [-0.05, 0) is 51.5 Å². The lowest BCUT2D eigenvalue weighted by Crippen LogP contribution is -2.45. The summed E-state index contributed by atoms with van der Waals surface area (Å²) in [4.78, 5) is 40.0. The molecule has 1 aromatic rings. The number of benzene rings is 1. The highest BCUT2D eigenvalue weighted by Gasteiger charge is 2.27. The van der Waals surface area contributed by atoms with Crippen LogP contribution in [0.5, 0.6) is 0 Å². The molecule has 1 aliphatic rings. The molecule has 1 aromatic carbocycles. The molecule has 1 saturated heterocycles. The summed E-state index contributed by atoms with van der Waals surface area (Å²) >= 11 is 0. The van der Waals surface area contributed by atoms with Gasteiger partial charge in [0, 0.05) is 39.6 Å². The molecule has 0 radical (unpaired) electrons. The number of carbonyl (C=O) groups is 3. The molecule has 8 nitrogen and oxygen atoms in total. The fourth-order valence-corrected chi connectivity index (χ4v) is 3.60. The molecule has 3 amide bonds. The van der Waals surface area contributed by atoms with E-state index in [0.29, 0.717) is 32.5 Å². The van der Waals surface area contributed by atoms with Crippen LogP contribution in [0.2, 0.25) is 0 Å². The normalized spacial score (nSPS) is 16.2. The maximum Gasteiger partial charge on any atom is 0.410 e. The fourth-order valence-electron chi connectivity index (χ4n) is 3.60. The Bertz CT molecular complexity index is 748. The molecule has 1 unspecified atom stereocenters. The first-order chi connectivity index (χ1) is 15.1. The van der Waals surface area contributed by atoms with Crippen LogP contribution in [0.1, 0.15) is 52.0 Å². The third-order valence-electron chi connectivity index (χ3n) is 5.16. The summed E-state index contributed by atoms with van der Waals surface area (Å²) in [5, 5.41) is 2.69. The zero-order valence-corrected chi connectivity index (χ0v) is 19.8. The Kier molecular flexibility index (Phi) is 9.81. The number of carbonyl (C=O) groups excluding carboxylic acids is 3. The number of piperidine rings is 1. The summed E-state index contributed by atoms with van der Waals surface area (Å²) in [6.07, 6.45) is 2.00. The second-order valence-electron chi connectivity index (χ2n) is 9.30. The van der Waals surface area contributed by atoms with Crippen molar-refractivity contribution in [2.75, 3.05) is 33.2 Å². The first-order valence-corrected chi connectivity index (χ1v) is 11.3. The molecule has 0 bridgehead atoms. The average Bonchev–Trinajstić information content (AvgIpc) is 2.75. The van der Waals surface area contributed by atoms with Crippen LogP contribution < -0.4 is 5.32 Å². The Balaban J connectivity index is 1.64. The van der Waals surface area contributed by atoms with Crippen LogP contribution >= 0.6 is 0 Å². The van der Waals surface area contributed by atoms with E-state index in [1.807, 2.05) is 56.0 Å². The van der Waals surface area contributed by atoms with Crippen molar-refractivity contribution in [1.29, 1.82) is 0 Å². The van der Waals surface area contributed by atoms with Crippen LogP contribution in [0.15, 0.2) is 30.3 Å². The Labute approximate surface area is 191 Å². The van der Waals surface area contributed by atoms with Gasteiger partial charge in [0.2, 0.25) is 5.91 Å². The summed E-state index contributed by atoms with van der Waals surface area (Å²) < 4.78 is 10.6. The molecule has 1 fully saturated rings. The van der Waals surface area contributed by atoms with E-state index >= 15 is 0 Å². The summed E-state index contributed by atoms with van der Waals surface area (Å²) in [5.41, 5.74) is 0.400. The van der Waals surface area contributed by atoms with Gasteiger partial charge < -0.3 is 24.6 Å². The molecule has 32 heavy (non-hydrogen) atoms. The summed E-state index contributed by atoms with van der Waals surface area (Å²) in [6.45, 7) is 8.08. The van der Waals surface area contributed by atoms with Crippen molar-refractivity contribution in [3.8, 4) is 0 Å². The van der Waals surface area contributed by atoms with Gasteiger partial charge >= 0.3 is 12.2 Å². The lowest BCUT2D eigenvalue weighted by Gasteiger charge is -2.35. The topological polar surface area (TPSA) is 88.2 Å². The molecule has 1 heterocycles. The highest BCUT2D eigenvalue weighted by atomic mass is 16.6. The second-order valence-corrected chi connectivity index (χ2v) is 9.30. The maximum atomic E-state index is 12.6. The third kappa shape index (κ3) is 9.58. The molecule has 8 heteroatoms. The van der Waals surface area contributed by atoms with Crippen LogP contribution in [0.4, 0.5) is 9.59 Å². The standard InChI is InChI=1S/C24H37N3O5/c1-24(2,3)32-23(30)26(4)16-20-12-9-15-27(17-20)21(28)13-8-14-25-22(29)31-18-19-10-6-5-7-11-19/h5-7,10-11,20H,8-9,12-18H2,1-4H3,(H,25,29). The average molecular weight is 448 g/mol. The molecule has 1 aliphatic heterocycles. The van der Waals surface area contributed by atoms with Gasteiger partial charge in [-0.15, -0.1) is 0 Å². The number of hydrogen-bond acceptors (Lipinski definition) is 5. The zero-order valence-electron chi connectivity index (χ0n) is 19.8. The Morgan fingerprint density at radius 2 is 1.91 bits per heavy atom. The van der Waals surface area contributed by atoms with E-state index in [4.69, 9.17) is 9.47 Å². The van der Waals surface area contributed by atoms with Gasteiger partial charge in [0.05, 0.1) is 0 Å². The summed E-state index contributed by atoms with van der Waals surface area (Å²) in [7, 11) is 1.73. The Hall–Kier alpha value is -2.77. The van der Waals surface area contributed by atoms with Crippen LogP contribution in [0.3, 0.4) is 0 Å². The predicted octanol–water partition coefficient (Wildman–Crippen LogP) is 3.80. The summed E-state index contributed by atoms with van der Waals surface area (Å²) in [6, 6.07) is 9.47. The maximum absolute atomic E-state index is 12.6. The van der Waals surface area contributed by atoms with E-state index in [-0.39, 0.29) is 24.5 Å². The molecular weight excluding hydrogens is 410 g/mol. The number of likely N-dealkylation sites (tertiary alicyclic amines) is 1. The van der Waals surface area contributed by atoms with Gasteiger partial charge in [-0.2, -0.15) is 0 Å². The van der Waals surface area contributed by atoms with E-state index in [1.165, 1.54) is 0 Å². The molecule has 0 aromatic heterocycles. The third-order valence-corrected chi connectivity index (χ3v) is 5.16. The molecule has 0 spiro atoms. The number of nitrogens with one attached hydrogen (secondary N) is 1. The Morgan fingerprint density at radius 3 is 2.59 bits per heavy atom. The van der Waals surface area contributed by atoms with E-state index in [1.54, 1.807) is 11.9 Å². The van der Waals surface area contributed by atoms with Crippen molar-refractivity contribution in [2.45, 2.75) is 58.7 Å². The largest absolute Gasteiger partial charge is 0.445 e. The minimum atomic E-state index is -0.526. The van der Waals surface area contributed by atoms with Crippen LogP contribution in [-0.4, -0.2) is 66.7 Å². The Morgan fingerprint density at radius 1 is 1.19 bits per heavy atom. The van der Waals surface area contributed by atoms with Gasteiger partial charge in [0.15, 0.2) is 0 Å². The first-order valence-electron chi connectivity index (χ1n) is 11.3. The fraction of sp³-hybridized carbons (Fsp3) is 0.625. The van der Waals surface area contributed by atoms with Gasteiger partial charge in [-0.3, -0.25) is 4.79 Å². The van der Waals surface area contributed by atoms with Crippen molar-refractivity contribution in [2.24, 2.45) is 5.92 Å². The van der Waals surface area contributed by atoms with Crippen molar-refractivity contribution in [1.82, 2.24) is 15.1 Å². The van der Waals surface area contributed by atoms with E-state index in [9.17, 15) is 14.4 Å². The van der Waals surface area contributed by atoms with Crippen LogP contribution in [0, 0.1) is 5.92 Å². The van der Waals surface area contributed by atoms with Gasteiger partial charge in [-0.25, -0.2) is 9.59 Å². The van der Waals surface area contributed by atoms with Crippen molar-refractivity contribution < 1.29 is 23.9 Å². The minimum Gasteiger partial charge on any atom is -0.445 e. The molecule has 1 atom stereocenters. The highest BCUT2D eigenvalue weighted by Crippen LogP contribution is 2.19. The number of hydrogen-bond donors (Lipinski definition) is 1. The highest BCUT2D eigenvalue weighted by molar-refractivity contribution is 5.76. The van der Waals surface area contributed by atoms with E-state index in [2.05, 4.69) is 5.32 Å². The number of nitrogens with zero attached hydrogens (tertiary/aromatic N) is 2. The number of rotatable bonds is 8. The van der Waals surface area contributed by atoms with E-state index in [0.717, 1.165) is 24.9 Å². The van der Waals surface area contributed by atoms with E-state index < -0.39 is 11.7 Å². The SMILES string of the molecule is CN(CC1CCCN(C(=O)CCCNC(=O)OCc2ccccc2)C1)C(=O)OC(C)(C)C. The molecule has 1 N–H and O–H groups in total. The van der Waals surface area contributed by atoms with Crippen molar-refractivity contribution in [3.05, 3.63) is 35.9 Å². The lowest BCUT2D eigenvalue weighted by atomic mass is 9.97. The molecule has 0 saturated carbocycles. The number of amides is 3. The van der Waals surface area contributed by atoms with Gasteiger partial charge in [0.25, 0.3) is 0 Å². The van der Waals surface area contributed by atoms with Gasteiger partial charge in [-0.1, -0.05) is 30.3 Å². The van der Waals surface area contributed by atoms with Crippen molar-refractivity contribution >= 4 is 18.1 Å². The molecule has 0 aliphatic carbocycles. The predicted molar refractivity (Wildman–Crippen MR) is 122 cm³/mol. The lowest BCUT2D eigenvalue weighted by molar-refractivity contribution is -0.133. The van der Waals surface area contributed by atoms with Crippen LogP contribution in [0.25, 0.3) is 0 Å². The smallest absolute Gasteiger partial charge is 0.410 e. The van der Waals surface area contributed by atoms with Crippen LogP contribution in [-0.2, 0) is 20.9 Å². The van der Waals surface area contributed by atoms with Crippen molar-refractivity contribution in [3.63, 3.8) is 0 Å². The second kappa shape index (κ2) is 12.3. The minimum absolute atomic E-state index is 0.0778. The monoisotopic (exact) mass is 447 g/mol. The van der Waals surface area contributed by atoms with Gasteiger partial charge in [0.1, 0.15) is 12.2 Å². The summed E-state index contributed by atoms with van der Waals surface area (Å²) in [5.74, 6) is 0.311. The molecule has 2 rings (SSSR count). The number of ether oxygens (including phenoxy) is 2. The first kappa shape index (κ1) is 25.5. The zero-order chi connectivity index (χ0) is 23.6. The quantitative estimate of drug-likeness (QED) is 0.613.